The van der Waals surface area contributed by atoms with Gasteiger partial charge in [-0.3, -0.25) is 4.79 Å². The van der Waals surface area contributed by atoms with Crippen LogP contribution in [0.2, 0.25) is 5.02 Å². The summed E-state index contributed by atoms with van der Waals surface area (Å²) in [6.45, 7) is 9.40. The Hall–Kier alpha value is -2.73. The van der Waals surface area contributed by atoms with Crippen LogP contribution in [0, 0.1) is 13.8 Å². The second-order valence-electron chi connectivity index (χ2n) is 6.37. The Morgan fingerprint density at radius 2 is 1.86 bits per heavy atom. The second kappa shape index (κ2) is 9.99. The van der Waals surface area contributed by atoms with Crippen molar-refractivity contribution in [3.8, 4) is 11.5 Å². The highest BCUT2D eigenvalue weighted by molar-refractivity contribution is 6.32. The van der Waals surface area contributed by atoms with Crippen molar-refractivity contribution in [2.75, 3.05) is 24.6 Å². The van der Waals surface area contributed by atoms with Crippen LogP contribution in [-0.4, -0.2) is 36.9 Å². The van der Waals surface area contributed by atoms with Crippen molar-refractivity contribution in [3.05, 3.63) is 52.0 Å². The van der Waals surface area contributed by atoms with Crippen LogP contribution in [0.5, 0.6) is 11.5 Å². The van der Waals surface area contributed by atoms with Gasteiger partial charge in [0.05, 0.1) is 6.21 Å². The van der Waals surface area contributed by atoms with Crippen molar-refractivity contribution in [2.24, 2.45) is 5.10 Å². The lowest BCUT2D eigenvalue weighted by molar-refractivity contribution is -0.123. The summed E-state index contributed by atoms with van der Waals surface area (Å²) < 4.78 is 5.48. The van der Waals surface area contributed by atoms with Crippen molar-refractivity contribution in [1.82, 2.24) is 5.43 Å². The highest BCUT2D eigenvalue weighted by Crippen LogP contribution is 2.26. The molecule has 2 rings (SSSR count). The first-order valence-corrected chi connectivity index (χ1v) is 9.52. The van der Waals surface area contributed by atoms with Gasteiger partial charge < -0.3 is 14.7 Å². The number of anilines is 1. The number of nitrogens with one attached hydrogen (secondary N) is 1. The van der Waals surface area contributed by atoms with E-state index >= 15 is 0 Å². The lowest BCUT2D eigenvalue weighted by Gasteiger charge is -2.21. The maximum atomic E-state index is 11.9. The van der Waals surface area contributed by atoms with Crippen LogP contribution in [0.15, 0.2) is 35.4 Å². The lowest BCUT2D eigenvalue weighted by Crippen LogP contribution is -2.24. The Morgan fingerprint density at radius 1 is 1.21 bits per heavy atom. The van der Waals surface area contributed by atoms with Crippen LogP contribution in [0.1, 0.15) is 30.5 Å². The minimum atomic E-state index is -0.402. The van der Waals surface area contributed by atoms with E-state index in [-0.39, 0.29) is 12.4 Å². The Balaban J connectivity index is 1.91. The zero-order valence-corrected chi connectivity index (χ0v) is 17.4. The van der Waals surface area contributed by atoms with Crippen molar-refractivity contribution in [2.45, 2.75) is 27.7 Å². The fourth-order valence-electron chi connectivity index (χ4n) is 2.77. The molecule has 0 atom stereocenters. The van der Waals surface area contributed by atoms with Crippen LogP contribution in [0.3, 0.4) is 0 Å². The Bertz CT molecular complexity index is 841. The number of rotatable bonds is 8. The van der Waals surface area contributed by atoms with Gasteiger partial charge in [-0.15, -0.1) is 0 Å². The van der Waals surface area contributed by atoms with E-state index in [0.717, 1.165) is 29.9 Å². The van der Waals surface area contributed by atoms with E-state index in [4.69, 9.17) is 16.3 Å². The van der Waals surface area contributed by atoms with E-state index in [0.29, 0.717) is 16.3 Å². The van der Waals surface area contributed by atoms with Crippen molar-refractivity contribution in [1.29, 1.82) is 0 Å². The second-order valence-corrected chi connectivity index (χ2v) is 6.75. The SMILES string of the molecule is CCN(CC)c1ccc(C=NNC(=O)COc2cc(C)c(Cl)c(C)c2)c(O)c1. The molecule has 0 radical (unpaired) electrons. The molecule has 0 spiro atoms. The Morgan fingerprint density at radius 3 is 2.43 bits per heavy atom. The zero-order valence-electron chi connectivity index (χ0n) is 16.6. The van der Waals surface area contributed by atoms with Gasteiger partial charge in [0.1, 0.15) is 11.5 Å². The van der Waals surface area contributed by atoms with Crippen molar-refractivity contribution < 1.29 is 14.6 Å². The van der Waals surface area contributed by atoms with Gasteiger partial charge in [-0.05, 0) is 63.1 Å². The zero-order chi connectivity index (χ0) is 20.7. The fourth-order valence-corrected chi connectivity index (χ4v) is 2.88. The van der Waals surface area contributed by atoms with Gasteiger partial charge in [-0.25, -0.2) is 5.43 Å². The number of carbonyl (C=O) groups is 1. The number of phenols is 1. The number of nitrogens with zero attached hydrogens (tertiary/aromatic N) is 2. The largest absolute Gasteiger partial charge is 0.507 e. The number of aryl methyl sites for hydroxylation is 2. The molecule has 0 fully saturated rings. The molecule has 7 heteroatoms. The molecule has 0 aromatic heterocycles. The summed E-state index contributed by atoms with van der Waals surface area (Å²) in [5.41, 5.74) is 5.61. The van der Waals surface area contributed by atoms with Gasteiger partial charge in [-0.2, -0.15) is 5.10 Å². The van der Waals surface area contributed by atoms with E-state index in [2.05, 4.69) is 29.3 Å². The third-order valence-electron chi connectivity index (χ3n) is 4.32. The molecule has 2 aromatic rings. The first-order valence-electron chi connectivity index (χ1n) is 9.15. The minimum absolute atomic E-state index is 0.103. The number of amides is 1. The molecule has 0 aliphatic carbocycles. The van der Waals surface area contributed by atoms with Crippen LogP contribution in [0.4, 0.5) is 5.69 Å². The quantitative estimate of drug-likeness (QED) is 0.515. The summed E-state index contributed by atoms with van der Waals surface area (Å²) in [5.74, 6) is 0.273. The number of aromatic hydroxyl groups is 1. The van der Waals surface area contributed by atoms with E-state index in [1.165, 1.54) is 6.21 Å². The van der Waals surface area contributed by atoms with Gasteiger partial charge in [0, 0.05) is 35.4 Å². The lowest BCUT2D eigenvalue weighted by atomic mass is 10.1. The van der Waals surface area contributed by atoms with Gasteiger partial charge >= 0.3 is 0 Å². The standard InChI is InChI=1S/C21H26ClN3O3/c1-5-25(6-2)17-8-7-16(19(26)11-17)12-23-24-20(27)13-28-18-9-14(3)21(22)15(4)10-18/h7-12,26H,5-6,13H2,1-4H3,(H,24,27). The van der Waals surface area contributed by atoms with Gasteiger partial charge in [0.25, 0.3) is 5.91 Å². The predicted molar refractivity (Wildman–Crippen MR) is 114 cm³/mol. The number of hydrogen-bond acceptors (Lipinski definition) is 5. The van der Waals surface area contributed by atoms with E-state index < -0.39 is 5.91 Å². The molecule has 0 heterocycles. The fraction of sp³-hybridized carbons (Fsp3) is 0.333. The summed E-state index contributed by atoms with van der Waals surface area (Å²) in [4.78, 5) is 14.0. The van der Waals surface area contributed by atoms with E-state index in [1.807, 2.05) is 19.9 Å². The number of benzene rings is 2. The molecule has 150 valence electrons. The number of carbonyl (C=O) groups excluding carboxylic acids is 1. The molecular weight excluding hydrogens is 378 g/mol. The molecule has 6 nitrogen and oxygen atoms in total. The summed E-state index contributed by atoms with van der Waals surface area (Å²) in [6.07, 6.45) is 1.40. The molecular formula is C21H26ClN3O3. The highest BCUT2D eigenvalue weighted by Gasteiger charge is 2.07. The summed E-state index contributed by atoms with van der Waals surface area (Å²) in [7, 11) is 0. The maximum absolute atomic E-state index is 11.9. The number of hydrogen-bond donors (Lipinski definition) is 2. The average molecular weight is 404 g/mol. The smallest absolute Gasteiger partial charge is 0.277 e. The minimum Gasteiger partial charge on any atom is -0.507 e. The van der Waals surface area contributed by atoms with Crippen LogP contribution in [-0.2, 0) is 4.79 Å². The monoisotopic (exact) mass is 403 g/mol. The molecule has 2 N–H and O–H groups in total. The first kappa shape index (κ1) is 21.6. The third kappa shape index (κ3) is 5.63. The molecule has 0 saturated heterocycles. The molecule has 0 saturated carbocycles. The number of hydrazone groups is 1. The topological polar surface area (TPSA) is 74.2 Å². The first-order chi connectivity index (χ1) is 13.3. The number of ether oxygens (including phenoxy) is 1. The van der Waals surface area contributed by atoms with E-state index in [1.54, 1.807) is 24.3 Å². The summed E-state index contributed by atoms with van der Waals surface area (Å²) in [5, 5.41) is 14.7. The molecule has 1 amide bonds. The molecule has 28 heavy (non-hydrogen) atoms. The van der Waals surface area contributed by atoms with Crippen LogP contribution in [0.25, 0.3) is 0 Å². The number of halogens is 1. The normalized spacial score (nSPS) is 10.9. The Labute approximate surface area is 170 Å². The Kier molecular flexibility index (Phi) is 7.70. The molecule has 2 aromatic carbocycles. The van der Waals surface area contributed by atoms with Gasteiger partial charge in [-0.1, -0.05) is 11.6 Å². The summed E-state index contributed by atoms with van der Waals surface area (Å²) in [6, 6.07) is 8.91. The molecule has 0 aliphatic heterocycles. The molecule has 0 aliphatic rings. The number of phenolic OH excluding ortho intramolecular Hbond substituents is 1. The van der Waals surface area contributed by atoms with Crippen LogP contribution >= 0.6 is 11.6 Å². The van der Waals surface area contributed by atoms with Gasteiger partial charge in [0.15, 0.2) is 6.61 Å². The third-order valence-corrected chi connectivity index (χ3v) is 4.91. The molecule has 0 bridgehead atoms. The maximum Gasteiger partial charge on any atom is 0.277 e. The predicted octanol–water partition coefficient (Wildman–Crippen LogP) is 4.04. The summed E-state index contributed by atoms with van der Waals surface area (Å²) >= 11 is 6.12. The molecule has 0 unspecified atom stereocenters. The van der Waals surface area contributed by atoms with Crippen LogP contribution < -0.4 is 15.1 Å². The van der Waals surface area contributed by atoms with Crippen molar-refractivity contribution >= 4 is 29.4 Å². The highest BCUT2D eigenvalue weighted by atomic mass is 35.5. The van der Waals surface area contributed by atoms with Gasteiger partial charge in [0.2, 0.25) is 0 Å². The van der Waals surface area contributed by atoms with E-state index in [9.17, 15) is 9.90 Å². The average Bonchev–Trinajstić information content (AvgIpc) is 2.67. The van der Waals surface area contributed by atoms with Crippen molar-refractivity contribution in [3.63, 3.8) is 0 Å².